The first-order valence-electron chi connectivity index (χ1n) is 14.0. The second kappa shape index (κ2) is 15.8. The average molecular weight is 554 g/mol. The Labute approximate surface area is 236 Å². The third-order valence-electron chi connectivity index (χ3n) is 7.13. The molecule has 1 amide bonds. The number of nitrogens with two attached hydrogens (primary N) is 3. The number of hydrogen-bond acceptors (Lipinski definition) is 8. The quantitative estimate of drug-likeness (QED) is 0.0998. The van der Waals surface area contributed by atoms with Gasteiger partial charge in [-0.3, -0.25) is 4.79 Å². The lowest BCUT2D eigenvalue weighted by molar-refractivity contribution is -0.146. The van der Waals surface area contributed by atoms with Crippen LogP contribution in [0, 0.1) is 11.8 Å². The Kier molecular flexibility index (Phi) is 12.2. The number of amidine groups is 1. The highest BCUT2D eigenvalue weighted by Crippen LogP contribution is 2.22. The topological polar surface area (TPSA) is 155 Å². The molecule has 1 aliphatic rings. The van der Waals surface area contributed by atoms with Crippen molar-refractivity contribution in [2.45, 2.75) is 52.0 Å². The van der Waals surface area contributed by atoms with Gasteiger partial charge in [-0.25, -0.2) is 4.79 Å². The van der Waals surface area contributed by atoms with E-state index in [0.29, 0.717) is 24.3 Å². The minimum atomic E-state index is -0.743. The zero-order valence-electron chi connectivity index (χ0n) is 23.6. The summed E-state index contributed by atoms with van der Waals surface area (Å²) in [4.78, 5) is 30.3. The highest BCUT2D eigenvalue weighted by atomic mass is 16.7. The van der Waals surface area contributed by atoms with Crippen molar-refractivity contribution in [2.24, 2.45) is 34.2 Å². The number of benzene rings is 2. The summed E-state index contributed by atoms with van der Waals surface area (Å²) in [6.45, 7) is 8.22. The third kappa shape index (κ3) is 10.2. The number of primary amides is 1. The smallest absolute Gasteiger partial charge is 0.351 e. The predicted molar refractivity (Wildman–Crippen MR) is 155 cm³/mol. The van der Waals surface area contributed by atoms with Gasteiger partial charge in [-0.15, -0.1) is 0 Å². The van der Waals surface area contributed by atoms with Crippen LogP contribution in [-0.2, 0) is 9.63 Å². The normalized spacial score (nSPS) is 15.6. The van der Waals surface area contributed by atoms with Crippen molar-refractivity contribution < 1.29 is 23.9 Å². The van der Waals surface area contributed by atoms with Crippen LogP contribution in [0.4, 0.5) is 0 Å². The molecule has 218 valence electrons. The summed E-state index contributed by atoms with van der Waals surface area (Å²) >= 11 is 0. The summed E-state index contributed by atoms with van der Waals surface area (Å²) in [5, 5.41) is 3.70. The van der Waals surface area contributed by atoms with E-state index in [-0.39, 0.29) is 11.8 Å². The number of ether oxygens (including phenoxy) is 2. The van der Waals surface area contributed by atoms with Crippen molar-refractivity contribution in [3.8, 4) is 11.5 Å². The van der Waals surface area contributed by atoms with Crippen molar-refractivity contribution in [1.29, 1.82) is 0 Å². The minimum Gasteiger partial charge on any atom is -0.494 e. The molecule has 0 bridgehead atoms. The van der Waals surface area contributed by atoms with Crippen molar-refractivity contribution in [3.63, 3.8) is 0 Å². The number of piperidine rings is 1. The molecule has 6 N–H and O–H groups in total. The molecule has 40 heavy (non-hydrogen) atoms. The van der Waals surface area contributed by atoms with Crippen LogP contribution in [0.5, 0.6) is 11.5 Å². The first-order chi connectivity index (χ1) is 19.2. The Morgan fingerprint density at radius 1 is 0.900 bits per heavy atom. The fourth-order valence-corrected chi connectivity index (χ4v) is 4.46. The Hall–Kier alpha value is -3.63. The molecule has 3 rings (SSSR count). The molecular formula is C30H43N5O5. The summed E-state index contributed by atoms with van der Waals surface area (Å²) in [5.41, 5.74) is 18.1. The molecular weight excluding hydrogens is 510 g/mol. The van der Waals surface area contributed by atoms with Crippen LogP contribution >= 0.6 is 0 Å². The van der Waals surface area contributed by atoms with Crippen LogP contribution < -0.4 is 26.7 Å². The number of likely N-dealkylation sites (tertiary alicyclic amines) is 1. The molecule has 2 aromatic rings. The number of rotatable bonds is 15. The lowest BCUT2D eigenvalue weighted by Crippen LogP contribution is -2.36. The molecule has 0 aliphatic carbocycles. The van der Waals surface area contributed by atoms with Gasteiger partial charge in [0.1, 0.15) is 17.5 Å². The van der Waals surface area contributed by atoms with Crippen LogP contribution in [0.1, 0.15) is 61.9 Å². The van der Waals surface area contributed by atoms with Crippen molar-refractivity contribution in [3.05, 3.63) is 59.7 Å². The van der Waals surface area contributed by atoms with Crippen LogP contribution in [-0.4, -0.2) is 61.5 Å². The number of oxime groups is 1. The number of amides is 1. The van der Waals surface area contributed by atoms with Gasteiger partial charge < -0.3 is 36.4 Å². The van der Waals surface area contributed by atoms with E-state index in [1.54, 1.807) is 36.4 Å². The standard InChI is InChI=1S/C30H43N5O5/c1-21(2)27(31)30(37)40-34-28(32)23-6-10-25(11-7-23)38-19-3-5-22-14-17-35(18-15-22)16-4-20-39-26-12-8-24(9-13-26)29(33)36/h6-13,21-22,27H,3-5,14-20,31H2,1-2H3,(H2,32,34)(H2,33,36)/t27-/m0/s1. The Morgan fingerprint density at radius 2 is 1.45 bits per heavy atom. The predicted octanol–water partition coefficient (Wildman–Crippen LogP) is 3.27. The number of hydrogen-bond donors (Lipinski definition) is 3. The van der Waals surface area contributed by atoms with Crippen LogP contribution in [0.25, 0.3) is 0 Å². The molecule has 0 spiro atoms. The lowest BCUT2D eigenvalue weighted by Gasteiger charge is -2.32. The van der Waals surface area contributed by atoms with Gasteiger partial charge in [-0.05, 0) is 106 Å². The SMILES string of the molecule is CC(C)[C@H](N)C(=O)ON=C(N)c1ccc(OCCCC2CCN(CCCOc3ccc(C(N)=O)cc3)CC2)cc1. The molecule has 0 radical (unpaired) electrons. The van der Waals surface area contributed by atoms with Gasteiger partial charge in [0, 0.05) is 17.7 Å². The minimum absolute atomic E-state index is 0.0485. The molecule has 1 saturated heterocycles. The summed E-state index contributed by atoms with van der Waals surface area (Å²) in [6.07, 6.45) is 5.53. The zero-order chi connectivity index (χ0) is 28.9. The lowest BCUT2D eigenvalue weighted by atomic mass is 9.92. The van der Waals surface area contributed by atoms with E-state index in [0.717, 1.165) is 56.3 Å². The molecule has 0 aromatic heterocycles. The highest BCUT2D eigenvalue weighted by molar-refractivity contribution is 5.97. The maximum atomic E-state index is 11.8. The van der Waals surface area contributed by atoms with E-state index >= 15 is 0 Å². The first-order valence-corrected chi connectivity index (χ1v) is 14.0. The summed E-state index contributed by atoms with van der Waals surface area (Å²) in [7, 11) is 0. The van der Waals surface area contributed by atoms with Gasteiger partial charge in [0.2, 0.25) is 5.91 Å². The number of nitrogens with zero attached hydrogens (tertiary/aromatic N) is 2. The fraction of sp³-hybridized carbons (Fsp3) is 0.500. The summed E-state index contributed by atoms with van der Waals surface area (Å²) in [6, 6.07) is 13.4. The molecule has 10 heteroatoms. The summed E-state index contributed by atoms with van der Waals surface area (Å²) < 4.78 is 11.7. The first kappa shape index (κ1) is 30.9. The molecule has 1 heterocycles. The van der Waals surface area contributed by atoms with E-state index in [4.69, 9.17) is 31.5 Å². The number of carbonyl (C=O) groups excluding carboxylic acids is 2. The van der Waals surface area contributed by atoms with E-state index in [1.807, 2.05) is 26.0 Å². The van der Waals surface area contributed by atoms with Crippen molar-refractivity contribution >= 4 is 17.7 Å². The Bertz CT molecular complexity index is 1100. The van der Waals surface area contributed by atoms with Gasteiger partial charge in [0.05, 0.1) is 13.2 Å². The van der Waals surface area contributed by atoms with Crippen LogP contribution in [0.15, 0.2) is 53.7 Å². The largest absolute Gasteiger partial charge is 0.494 e. The maximum absolute atomic E-state index is 11.8. The van der Waals surface area contributed by atoms with E-state index in [1.165, 1.54) is 12.8 Å². The Morgan fingerprint density at radius 3 is 2.00 bits per heavy atom. The van der Waals surface area contributed by atoms with Gasteiger partial charge in [0.25, 0.3) is 0 Å². The highest BCUT2D eigenvalue weighted by Gasteiger charge is 2.20. The van der Waals surface area contributed by atoms with Crippen molar-refractivity contribution in [2.75, 3.05) is 32.8 Å². The third-order valence-corrected chi connectivity index (χ3v) is 7.13. The molecule has 10 nitrogen and oxygen atoms in total. The monoisotopic (exact) mass is 553 g/mol. The zero-order valence-corrected chi connectivity index (χ0v) is 23.6. The molecule has 0 saturated carbocycles. The molecule has 2 aromatic carbocycles. The molecule has 0 unspecified atom stereocenters. The second-order valence-electron chi connectivity index (χ2n) is 10.5. The van der Waals surface area contributed by atoms with E-state index in [9.17, 15) is 9.59 Å². The summed E-state index contributed by atoms with van der Waals surface area (Å²) in [5.74, 6) is 1.25. The maximum Gasteiger partial charge on any atom is 0.351 e. The molecule has 1 aliphatic heterocycles. The molecule has 1 fully saturated rings. The van der Waals surface area contributed by atoms with Gasteiger partial charge in [-0.1, -0.05) is 19.0 Å². The van der Waals surface area contributed by atoms with Gasteiger partial charge >= 0.3 is 5.97 Å². The van der Waals surface area contributed by atoms with Gasteiger partial charge in [-0.2, -0.15) is 0 Å². The average Bonchev–Trinajstić information content (AvgIpc) is 2.96. The van der Waals surface area contributed by atoms with Crippen LogP contribution in [0.3, 0.4) is 0 Å². The van der Waals surface area contributed by atoms with Gasteiger partial charge in [0.15, 0.2) is 5.84 Å². The van der Waals surface area contributed by atoms with Crippen molar-refractivity contribution in [1.82, 2.24) is 4.90 Å². The molecule has 1 atom stereocenters. The number of carbonyl (C=O) groups is 2. The fourth-order valence-electron chi connectivity index (χ4n) is 4.46. The van der Waals surface area contributed by atoms with E-state index < -0.39 is 17.9 Å². The second-order valence-corrected chi connectivity index (χ2v) is 10.5. The Balaban J connectivity index is 1.25. The van der Waals surface area contributed by atoms with Crippen LogP contribution in [0.2, 0.25) is 0 Å². The van der Waals surface area contributed by atoms with E-state index in [2.05, 4.69) is 10.1 Å².